The van der Waals surface area contributed by atoms with Crippen molar-refractivity contribution in [2.45, 2.75) is 20.5 Å². The lowest BCUT2D eigenvalue weighted by atomic mass is 10.2. The quantitative estimate of drug-likeness (QED) is 0.394. The summed E-state index contributed by atoms with van der Waals surface area (Å²) in [7, 11) is 0. The Morgan fingerprint density at radius 1 is 1.24 bits per heavy atom. The topological polar surface area (TPSA) is 81.5 Å². The highest BCUT2D eigenvalue weighted by molar-refractivity contribution is 7.12. The molecule has 0 aliphatic heterocycles. The molecule has 0 saturated heterocycles. The molecule has 1 N–H and O–H groups in total. The van der Waals surface area contributed by atoms with Gasteiger partial charge in [0.15, 0.2) is 0 Å². The first kappa shape index (κ1) is 20.3. The maximum Gasteiger partial charge on any atom is 0.293 e. The highest BCUT2D eigenvalue weighted by Crippen LogP contribution is 2.27. The van der Waals surface area contributed by atoms with E-state index in [0.717, 1.165) is 22.4 Å². The van der Waals surface area contributed by atoms with Gasteiger partial charge in [0.25, 0.3) is 11.6 Å². The lowest BCUT2D eigenvalue weighted by Gasteiger charge is -2.08. The van der Waals surface area contributed by atoms with E-state index in [4.69, 9.17) is 4.74 Å². The molecule has 0 spiro atoms. The van der Waals surface area contributed by atoms with Gasteiger partial charge in [0, 0.05) is 17.2 Å². The third-order valence-corrected chi connectivity index (χ3v) is 5.11. The molecule has 3 aromatic rings. The van der Waals surface area contributed by atoms with E-state index in [1.165, 1.54) is 17.4 Å². The van der Waals surface area contributed by atoms with Crippen LogP contribution in [0.15, 0.2) is 60.0 Å². The van der Waals surface area contributed by atoms with Crippen LogP contribution >= 0.6 is 11.3 Å². The van der Waals surface area contributed by atoms with Crippen molar-refractivity contribution in [3.05, 3.63) is 91.7 Å². The second kappa shape index (κ2) is 9.16. The van der Waals surface area contributed by atoms with Gasteiger partial charge in [0.05, 0.1) is 9.80 Å². The summed E-state index contributed by atoms with van der Waals surface area (Å²) in [6.45, 7) is 4.03. The van der Waals surface area contributed by atoms with Crippen LogP contribution in [0, 0.1) is 17.0 Å². The first-order chi connectivity index (χ1) is 14.0. The van der Waals surface area contributed by atoms with Crippen LogP contribution in [0.25, 0.3) is 6.08 Å². The number of para-hydroxylation sites is 1. The molecule has 0 aliphatic rings. The monoisotopic (exact) mass is 408 g/mol. The maximum atomic E-state index is 12.5. The average Bonchev–Trinajstić information content (AvgIpc) is 3.18. The van der Waals surface area contributed by atoms with Crippen LogP contribution in [-0.2, 0) is 6.61 Å². The summed E-state index contributed by atoms with van der Waals surface area (Å²) in [5.41, 5.74) is 2.64. The van der Waals surface area contributed by atoms with Gasteiger partial charge in [0.2, 0.25) is 0 Å². The molecule has 0 atom stereocenters. The first-order valence-corrected chi connectivity index (χ1v) is 9.84. The Morgan fingerprint density at radius 2 is 2.03 bits per heavy atom. The molecule has 0 radical (unpaired) electrons. The van der Waals surface area contributed by atoms with E-state index in [-0.39, 0.29) is 17.3 Å². The molecule has 0 saturated carbocycles. The summed E-state index contributed by atoms with van der Waals surface area (Å²) in [5.74, 6) is 0.376. The molecular weight excluding hydrogens is 388 g/mol. The third kappa shape index (κ3) is 5.08. The van der Waals surface area contributed by atoms with Crippen molar-refractivity contribution in [1.29, 1.82) is 0 Å². The predicted octanol–water partition coefficient (Wildman–Crippen LogP) is 5.83. The highest BCUT2D eigenvalue weighted by atomic mass is 32.1. The molecule has 2 aromatic carbocycles. The minimum atomic E-state index is -0.501. The van der Waals surface area contributed by atoms with Gasteiger partial charge in [-0.1, -0.05) is 36.4 Å². The number of nitro groups is 1. The number of rotatable bonds is 7. The van der Waals surface area contributed by atoms with E-state index in [1.54, 1.807) is 25.1 Å². The Balaban J connectivity index is 1.69. The van der Waals surface area contributed by atoms with Gasteiger partial charge in [-0.3, -0.25) is 14.9 Å². The number of nitrogens with one attached hydrogen (secondary N) is 1. The number of hydrogen-bond donors (Lipinski definition) is 1. The number of amides is 1. The molecule has 6 nitrogen and oxygen atoms in total. The van der Waals surface area contributed by atoms with Gasteiger partial charge in [0.1, 0.15) is 18.0 Å². The Morgan fingerprint density at radius 3 is 2.79 bits per heavy atom. The minimum Gasteiger partial charge on any atom is -0.488 e. The fourth-order valence-electron chi connectivity index (χ4n) is 2.74. The van der Waals surface area contributed by atoms with Crippen molar-refractivity contribution in [3.8, 4) is 5.75 Å². The van der Waals surface area contributed by atoms with Crippen LogP contribution in [0.3, 0.4) is 0 Å². The van der Waals surface area contributed by atoms with Crippen LogP contribution in [0.1, 0.15) is 33.3 Å². The van der Waals surface area contributed by atoms with E-state index >= 15 is 0 Å². The average molecular weight is 408 g/mol. The zero-order valence-corrected chi connectivity index (χ0v) is 16.9. The normalized spacial score (nSPS) is 10.8. The Labute approximate surface area is 172 Å². The largest absolute Gasteiger partial charge is 0.488 e. The lowest BCUT2D eigenvalue weighted by molar-refractivity contribution is -0.384. The van der Waals surface area contributed by atoms with Crippen molar-refractivity contribution in [3.63, 3.8) is 0 Å². The molecule has 1 aromatic heterocycles. The van der Waals surface area contributed by atoms with Crippen molar-refractivity contribution in [2.75, 3.05) is 5.32 Å². The first-order valence-electron chi connectivity index (χ1n) is 8.96. The minimum absolute atomic E-state index is 0.126. The van der Waals surface area contributed by atoms with Crippen molar-refractivity contribution in [1.82, 2.24) is 0 Å². The van der Waals surface area contributed by atoms with Crippen LogP contribution in [0.2, 0.25) is 0 Å². The number of benzene rings is 2. The number of anilines is 1. The molecule has 0 aliphatic carbocycles. The molecular formula is C22H20N2O4S. The standard InChI is InChI=1S/C22H20N2O4S/c1-3-6-17-7-4-5-8-20(17)28-13-16-12-21(29-14-16)22(25)23-18-10-9-15(2)11-19(18)24(26)27/h3-12,14H,13H2,1-2H3,(H,23,25)/b6-3+. The number of ether oxygens (including phenoxy) is 1. The number of aryl methyl sites for hydroxylation is 1. The second-order valence-electron chi connectivity index (χ2n) is 6.38. The molecule has 0 fully saturated rings. The summed E-state index contributed by atoms with van der Waals surface area (Å²) in [4.78, 5) is 23.7. The number of nitrogens with zero attached hydrogens (tertiary/aromatic N) is 1. The van der Waals surface area contributed by atoms with Crippen molar-refractivity contribution >= 4 is 34.7 Å². The molecule has 29 heavy (non-hydrogen) atoms. The van der Waals surface area contributed by atoms with E-state index < -0.39 is 4.92 Å². The second-order valence-corrected chi connectivity index (χ2v) is 7.29. The third-order valence-electron chi connectivity index (χ3n) is 4.14. The van der Waals surface area contributed by atoms with Crippen LogP contribution in [-0.4, -0.2) is 10.8 Å². The summed E-state index contributed by atoms with van der Waals surface area (Å²) >= 11 is 1.27. The van der Waals surface area contributed by atoms with Crippen LogP contribution < -0.4 is 10.1 Å². The highest BCUT2D eigenvalue weighted by Gasteiger charge is 2.18. The smallest absolute Gasteiger partial charge is 0.293 e. The Bertz CT molecular complexity index is 1070. The summed E-state index contributed by atoms with van der Waals surface area (Å²) in [6, 6.07) is 14.1. The van der Waals surface area contributed by atoms with Gasteiger partial charge in [-0.05, 0) is 43.0 Å². The molecule has 0 bridgehead atoms. The fourth-order valence-corrected chi connectivity index (χ4v) is 3.53. The molecule has 7 heteroatoms. The summed E-state index contributed by atoms with van der Waals surface area (Å²) in [6.07, 6.45) is 3.91. The molecule has 0 unspecified atom stereocenters. The van der Waals surface area contributed by atoms with Gasteiger partial charge < -0.3 is 10.1 Å². The molecule has 3 rings (SSSR count). The Hall–Kier alpha value is -3.45. The lowest BCUT2D eigenvalue weighted by Crippen LogP contribution is -2.11. The zero-order valence-electron chi connectivity index (χ0n) is 16.0. The SMILES string of the molecule is C/C=C/c1ccccc1OCc1csc(C(=O)Nc2ccc(C)cc2[N+](=O)[O-])c1. The number of carbonyl (C=O) groups is 1. The molecule has 1 amide bonds. The van der Waals surface area contributed by atoms with Gasteiger partial charge in [-0.15, -0.1) is 11.3 Å². The summed E-state index contributed by atoms with van der Waals surface area (Å²) < 4.78 is 5.89. The Kier molecular flexibility index (Phi) is 6.41. The van der Waals surface area contributed by atoms with Gasteiger partial charge in [-0.25, -0.2) is 0 Å². The number of nitro benzene ring substituents is 1. The number of hydrogen-bond acceptors (Lipinski definition) is 5. The molecule has 1 heterocycles. The summed E-state index contributed by atoms with van der Waals surface area (Å²) in [5, 5.41) is 15.7. The van der Waals surface area contributed by atoms with Crippen molar-refractivity contribution < 1.29 is 14.5 Å². The van der Waals surface area contributed by atoms with E-state index in [2.05, 4.69) is 5.32 Å². The molecule has 148 valence electrons. The van der Waals surface area contributed by atoms with Crippen LogP contribution in [0.5, 0.6) is 5.75 Å². The number of carbonyl (C=O) groups excluding carboxylic acids is 1. The maximum absolute atomic E-state index is 12.5. The van der Waals surface area contributed by atoms with Crippen molar-refractivity contribution in [2.24, 2.45) is 0 Å². The van der Waals surface area contributed by atoms with E-state index in [0.29, 0.717) is 11.5 Å². The zero-order chi connectivity index (χ0) is 20.8. The van der Waals surface area contributed by atoms with E-state index in [1.807, 2.05) is 48.7 Å². The van der Waals surface area contributed by atoms with Crippen LogP contribution in [0.4, 0.5) is 11.4 Å². The fraction of sp³-hybridized carbons (Fsp3) is 0.136. The van der Waals surface area contributed by atoms with E-state index in [9.17, 15) is 14.9 Å². The predicted molar refractivity (Wildman–Crippen MR) is 116 cm³/mol. The number of allylic oxidation sites excluding steroid dienone is 1. The van der Waals surface area contributed by atoms with Gasteiger partial charge in [-0.2, -0.15) is 0 Å². The van der Waals surface area contributed by atoms with Gasteiger partial charge >= 0.3 is 0 Å². The number of thiophene rings is 1.